The number of fused-ring (bicyclic) bond motifs is 1. The van der Waals surface area contributed by atoms with E-state index in [1.165, 1.54) is 0 Å². The Morgan fingerprint density at radius 2 is 1.82 bits per heavy atom. The van der Waals surface area contributed by atoms with E-state index in [1.807, 2.05) is 18.2 Å². The average molecular weight is 455 g/mol. The topological polar surface area (TPSA) is 105 Å². The molecule has 0 unspecified atom stereocenters. The smallest absolute Gasteiger partial charge is 0.320 e. The summed E-state index contributed by atoms with van der Waals surface area (Å²) < 4.78 is 16.8. The van der Waals surface area contributed by atoms with Gasteiger partial charge in [-0.15, -0.1) is 0 Å². The summed E-state index contributed by atoms with van der Waals surface area (Å²) in [6, 6.07) is 7.77. The number of nitrogens with zero attached hydrogens (tertiary/aromatic N) is 5. The van der Waals surface area contributed by atoms with Crippen LogP contribution in [0.5, 0.6) is 11.8 Å². The summed E-state index contributed by atoms with van der Waals surface area (Å²) >= 11 is 0. The summed E-state index contributed by atoms with van der Waals surface area (Å²) in [4.78, 5) is 13.7. The Balaban J connectivity index is 1.31. The number of ether oxygens (including phenoxy) is 3. The van der Waals surface area contributed by atoms with Crippen molar-refractivity contribution in [1.82, 2.24) is 14.9 Å². The molecule has 33 heavy (non-hydrogen) atoms. The van der Waals surface area contributed by atoms with Crippen molar-refractivity contribution in [3.8, 4) is 11.8 Å². The second-order valence-electron chi connectivity index (χ2n) is 8.27. The van der Waals surface area contributed by atoms with Gasteiger partial charge in [0.25, 0.3) is 0 Å². The average Bonchev–Trinajstić information content (AvgIpc) is 3.28. The quantitative estimate of drug-likeness (QED) is 0.602. The van der Waals surface area contributed by atoms with Gasteiger partial charge in [-0.1, -0.05) is 12.1 Å². The second-order valence-corrected chi connectivity index (χ2v) is 8.27. The first-order chi connectivity index (χ1) is 16.3. The van der Waals surface area contributed by atoms with Gasteiger partial charge in [0.1, 0.15) is 18.2 Å². The zero-order chi connectivity index (χ0) is 22.5. The highest BCUT2D eigenvalue weighted by atomic mass is 16.5. The van der Waals surface area contributed by atoms with Crippen LogP contribution in [0.1, 0.15) is 17.5 Å². The number of aromatic nitrogens is 2. The fourth-order valence-corrected chi connectivity index (χ4v) is 4.31. The lowest BCUT2D eigenvalue weighted by Crippen LogP contribution is -2.39. The molecule has 2 fully saturated rings. The highest BCUT2D eigenvalue weighted by Gasteiger charge is 2.21. The number of phenols is 1. The summed E-state index contributed by atoms with van der Waals surface area (Å²) in [5, 5.41) is 14.7. The van der Waals surface area contributed by atoms with Crippen molar-refractivity contribution in [3.05, 3.63) is 35.4 Å². The molecule has 1 aromatic heterocycles. The molecular weight excluding hydrogens is 424 g/mol. The van der Waals surface area contributed by atoms with E-state index in [1.54, 1.807) is 6.07 Å². The maximum atomic E-state index is 10.1. The molecule has 5 rings (SSSR count). The van der Waals surface area contributed by atoms with Crippen LogP contribution < -0.4 is 15.1 Å². The molecule has 2 aromatic rings. The molecule has 0 atom stereocenters. The van der Waals surface area contributed by atoms with Crippen molar-refractivity contribution in [2.24, 2.45) is 5.10 Å². The third-order valence-corrected chi connectivity index (χ3v) is 6.15. The van der Waals surface area contributed by atoms with Crippen LogP contribution in [0, 0.1) is 0 Å². The van der Waals surface area contributed by atoms with Gasteiger partial charge in [-0.05, 0) is 18.9 Å². The molecule has 3 aliphatic rings. The Morgan fingerprint density at radius 1 is 1.03 bits per heavy atom. The summed E-state index contributed by atoms with van der Waals surface area (Å²) in [5.41, 5.74) is 5.93. The normalized spacial score (nSPS) is 20.1. The molecule has 1 aromatic carbocycles. The van der Waals surface area contributed by atoms with E-state index < -0.39 is 0 Å². The van der Waals surface area contributed by atoms with Crippen molar-refractivity contribution in [3.63, 3.8) is 0 Å². The molecule has 10 heteroatoms. The first-order valence-electron chi connectivity index (χ1n) is 11.5. The lowest BCUT2D eigenvalue weighted by molar-refractivity contribution is 0.0317. The number of anilines is 2. The van der Waals surface area contributed by atoms with Gasteiger partial charge < -0.3 is 24.2 Å². The van der Waals surface area contributed by atoms with Crippen molar-refractivity contribution >= 4 is 17.3 Å². The van der Waals surface area contributed by atoms with Crippen molar-refractivity contribution in [2.45, 2.75) is 12.8 Å². The van der Waals surface area contributed by atoms with Gasteiger partial charge in [0.15, 0.2) is 5.82 Å². The lowest BCUT2D eigenvalue weighted by Gasteiger charge is -2.28. The van der Waals surface area contributed by atoms with E-state index in [4.69, 9.17) is 14.2 Å². The highest BCUT2D eigenvalue weighted by molar-refractivity contribution is 6.05. The summed E-state index contributed by atoms with van der Waals surface area (Å²) in [6.45, 7) is 7.54. The Kier molecular flexibility index (Phi) is 6.84. The van der Waals surface area contributed by atoms with Gasteiger partial charge in [0.05, 0.1) is 32.1 Å². The Morgan fingerprint density at radius 3 is 2.64 bits per heavy atom. The first kappa shape index (κ1) is 21.9. The predicted octanol–water partition coefficient (Wildman–Crippen LogP) is 1.49. The van der Waals surface area contributed by atoms with E-state index in [0.717, 1.165) is 81.4 Å². The van der Waals surface area contributed by atoms with Gasteiger partial charge in [0.2, 0.25) is 0 Å². The van der Waals surface area contributed by atoms with Gasteiger partial charge >= 0.3 is 6.01 Å². The largest absolute Gasteiger partial charge is 0.508 e. The molecule has 2 saturated heterocycles. The summed E-state index contributed by atoms with van der Waals surface area (Å²) in [5.74, 6) is 1.70. The number of rotatable bonds is 7. The molecular formula is C23H30N6O4. The number of hydrazone groups is 1. The fourth-order valence-electron chi connectivity index (χ4n) is 4.31. The Hall–Kier alpha value is -2.95. The lowest BCUT2D eigenvalue weighted by atomic mass is 10.1. The SMILES string of the molecule is Oc1cccc2c1CC/C2=N/Nc1cc(N2CCOCC2)nc(OCCN2CCOCC2)n1. The Labute approximate surface area is 193 Å². The van der Waals surface area contributed by atoms with Crippen LogP contribution in [-0.4, -0.2) is 91.4 Å². The molecule has 0 saturated carbocycles. The molecule has 10 nitrogen and oxygen atoms in total. The van der Waals surface area contributed by atoms with E-state index in [9.17, 15) is 5.11 Å². The van der Waals surface area contributed by atoms with Crippen LogP contribution in [-0.2, 0) is 15.9 Å². The second kappa shape index (κ2) is 10.3. The predicted molar refractivity (Wildman–Crippen MR) is 124 cm³/mol. The summed E-state index contributed by atoms with van der Waals surface area (Å²) in [7, 11) is 0. The van der Waals surface area contributed by atoms with E-state index in [2.05, 4.69) is 30.3 Å². The third-order valence-electron chi connectivity index (χ3n) is 6.15. The number of phenolic OH excluding ortho intramolecular Hbond substituents is 1. The molecule has 0 amide bonds. The van der Waals surface area contributed by atoms with Gasteiger partial charge in [-0.25, -0.2) is 0 Å². The molecule has 176 valence electrons. The first-order valence-corrected chi connectivity index (χ1v) is 11.5. The number of benzene rings is 1. The highest BCUT2D eigenvalue weighted by Crippen LogP contribution is 2.30. The molecule has 1 aliphatic carbocycles. The number of hydrogen-bond donors (Lipinski definition) is 2. The number of morpholine rings is 2. The van der Waals surface area contributed by atoms with Crippen LogP contribution in [0.15, 0.2) is 29.4 Å². The maximum absolute atomic E-state index is 10.1. The van der Waals surface area contributed by atoms with Gasteiger partial charge in [0, 0.05) is 49.9 Å². The van der Waals surface area contributed by atoms with Crippen LogP contribution in [0.25, 0.3) is 0 Å². The van der Waals surface area contributed by atoms with E-state index >= 15 is 0 Å². The number of nitrogens with one attached hydrogen (secondary N) is 1. The van der Waals surface area contributed by atoms with Crippen molar-refractivity contribution in [2.75, 3.05) is 76.1 Å². The van der Waals surface area contributed by atoms with Gasteiger partial charge in [-0.3, -0.25) is 10.3 Å². The molecule has 0 bridgehead atoms. The van der Waals surface area contributed by atoms with Crippen LogP contribution in [0.4, 0.5) is 11.6 Å². The minimum atomic E-state index is 0.324. The summed E-state index contributed by atoms with van der Waals surface area (Å²) in [6.07, 6.45) is 1.55. The molecule has 0 spiro atoms. The molecule has 2 N–H and O–H groups in total. The van der Waals surface area contributed by atoms with Gasteiger partial charge in [-0.2, -0.15) is 15.1 Å². The zero-order valence-corrected chi connectivity index (χ0v) is 18.7. The standard InChI is InChI=1S/C23H30N6O4/c30-20-3-1-2-17-18(20)4-5-19(17)26-27-21-16-22(29-9-13-32-14-10-29)25-23(24-21)33-15-8-28-6-11-31-12-7-28/h1-3,16,30H,4-15H2,(H,24,25,27)/b26-19-. The Bertz CT molecular complexity index is 989. The van der Waals surface area contributed by atoms with Crippen molar-refractivity contribution in [1.29, 1.82) is 0 Å². The zero-order valence-electron chi connectivity index (χ0n) is 18.7. The number of aromatic hydroxyl groups is 1. The van der Waals surface area contributed by atoms with Crippen LogP contribution >= 0.6 is 0 Å². The fraction of sp³-hybridized carbons (Fsp3) is 0.522. The van der Waals surface area contributed by atoms with Crippen LogP contribution in [0.2, 0.25) is 0 Å². The van der Waals surface area contributed by atoms with Crippen molar-refractivity contribution < 1.29 is 19.3 Å². The monoisotopic (exact) mass is 454 g/mol. The minimum absolute atomic E-state index is 0.324. The molecule has 3 heterocycles. The van der Waals surface area contributed by atoms with E-state index in [0.29, 0.717) is 37.4 Å². The molecule has 2 aliphatic heterocycles. The molecule has 0 radical (unpaired) electrons. The van der Waals surface area contributed by atoms with Crippen LogP contribution in [0.3, 0.4) is 0 Å². The number of hydrogen-bond acceptors (Lipinski definition) is 10. The van der Waals surface area contributed by atoms with E-state index in [-0.39, 0.29) is 0 Å². The maximum Gasteiger partial charge on any atom is 0.320 e. The third kappa shape index (κ3) is 5.35. The minimum Gasteiger partial charge on any atom is -0.508 e.